The number of hydrogen-bond acceptors (Lipinski definition) is 4. The van der Waals surface area contributed by atoms with Gasteiger partial charge in [0.2, 0.25) is 0 Å². The van der Waals surface area contributed by atoms with Crippen LogP contribution in [0.3, 0.4) is 0 Å². The number of nitro groups is 1. The molecule has 0 bridgehead atoms. The largest absolute Gasteiger partial charge is 0.368 e. The summed E-state index contributed by atoms with van der Waals surface area (Å²) in [5.41, 5.74) is 1.20. The molecular formula is C15H17N3O2. The van der Waals surface area contributed by atoms with Gasteiger partial charge in [-0.3, -0.25) is 15.1 Å². The SMILES string of the molecule is CC1CCN(c2ccc([N+](=O)[O-])c3cnccc23)C1C. The zero-order valence-electron chi connectivity index (χ0n) is 11.6. The van der Waals surface area contributed by atoms with Gasteiger partial charge in [0, 0.05) is 42.1 Å². The van der Waals surface area contributed by atoms with Gasteiger partial charge in [-0.15, -0.1) is 0 Å². The minimum Gasteiger partial charge on any atom is -0.368 e. The molecule has 3 rings (SSSR count). The van der Waals surface area contributed by atoms with Gasteiger partial charge in [0.25, 0.3) is 5.69 Å². The average molecular weight is 271 g/mol. The summed E-state index contributed by atoms with van der Waals surface area (Å²) in [5.74, 6) is 0.641. The van der Waals surface area contributed by atoms with Crippen LogP contribution >= 0.6 is 0 Å². The van der Waals surface area contributed by atoms with Crippen molar-refractivity contribution in [2.75, 3.05) is 11.4 Å². The van der Waals surface area contributed by atoms with Crippen LogP contribution in [0.15, 0.2) is 30.6 Å². The second kappa shape index (κ2) is 4.74. The number of rotatable bonds is 2. The number of pyridine rings is 1. The quantitative estimate of drug-likeness (QED) is 0.620. The first kappa shape index (κ1) is 12.8. The van der Waals surface area contributed by atoms with Crippen molar-refractivity contribution in [2.45, 2.75) is 26.3 Å². The maximum absolute atomic E-state index is 11.1. The topological polar surface area (TPSA) is 59.3 Å². The van der Waals surface area contributed by atoms with E-state index in [1.807, 2.05) is 12.1 Å². The van der Waals surface area contributed by atoms with Crippen molar-refractivity contribution in [1.82, 2.24) is 4.98 Å². The standard InChI is InChI=1S/C15H17N3O2/c1-10-6-8-17(11(10)2)14-3-4-15(18(19)20)13-9-16-7-5-12(13)14/h3-5,7,9-11H,6,8H2,1-2H3. The molecule has 2 heterocycles. The maximum Gasteiger partial charge on any atom is 0.278 e. The number of hydrogen-bond donors (Lipinski definition) is 0. The Morgan fingerprint density at radius 3 is 2.75 bits per heavy atom. The lowest BCUT2D eigenvalue weighted by molar-refractivity contribution is -0.383. The van der Waals surface area contributed by atoms with E-state index < -0.39 is 0 Å². The van der Waals surface area contributed by atoms with E-state index >= 15 is 0 Å². The predicted molar refractivity (Wildman–Crippen MR) is 79.0 cm³/mol. The highest BCUT2D eigenvalue weighted by Gasteiger charge is 2.29. The number of fused-ring (bicyclic) bond motifs is 1. The first-order valence-corrected chi connectivity index (χ1v) is 6.87. The highest BCUT2D eigenvalue weighted by Crippen LogP contribution is 2.37. The second-order valence-electron chi connectivity index (χ2n) is 5.48. The van der Waals surface area contributed by atoms with Crippen LogP contribution in [-0.2, 0) is 0 Å². The Balaban J connectivity index is 2.18. The Morgan fingerprint density at radius 2 is 2.10 bits per heavy atom. The summed E-state index contributed by atoms with van der Waals surface area (Å²) in [6.07, 6.45) is 4.44. The lowest BCUT2D eigenvalue weighted by Gasteiger charge is -2.26. The van der Waals surface area contributed by atoms with Crippen LogP contribution in [0, 0.1) is 16.0 Å². The summed E-state index contributed by atoms with van der Waals surface area (Å²) < 4.78 is 0. The number of anilines is 1. The fraction of sp³-hybridized carbons (Fsp3) is 0.400. The van der Waals surface area contributed by atoms with Crippen LogP contribution in [0.2, 0.25) is 0 Å². The third-order valence-corrected chi connectivity index (χ3v) is 4.42. The molecule has 2 aromatic rings. The minimum atomic E-state index is -0.343. The van der Waals surface area contributed by atoms with Crippen molar-refractivity contribution >= 4 is 22.1 Å². The van der Waals surface area contributed by atoms with E-state index in [-0.39, 0.29) is 10.6 Å². The monoisotopic (exact) mass is 271 g/mol. The fourth-order valence-corrected chi connectivity index (χ4v) is 3.00. The molecule has 104 valence electrons. The van der Waals surface area contributed by atoms with Gasteiger partial charge in [-0.1, -0.05) is 6.92 Å². The summed E-state index contributed by atoms with van der Waals surface area (Å²) in [6.45, 7) is 5.46. The predicted octanol–water partition coefficient (Wildman–Crippen LogP) is 3.38. The zero-order valence-corrected chi connectivity index (χ0v) is 11.6. The molecule has 20 heavy (non-hydrogen) atoms. The van der Waals surface area contributed by atoms with Crippen LogP contribution in [0.25, 0.3) is 10.8 Å². The van der Waals surface area contributed by atoms with Crippen LogP contribution in [0.5, 0.6) is 0 Å². The molecule has 0 N–H and O–H groups in total. The highest BCUT2D eigenvalue weighted by atomic mass is 16.6. The fourth-order valence-electron chi connectivity index (χ4n) is 3.00. The number of non-ortho nitro benzene ring substituents is 1. The molecule has 1 aromatic heterocycles. The first-order chi connectivity index (χ1) is 9.59. The van der Waals surface area contributed by atoms with Gasteiger partial charge in [0.15, 0.2) is 0 Å². The van der Waals surface area contributed by atoms with Crippen LogP contribution in [0.4, 0.5) is 11.4 Å². The van der Waals surface area contributed by atoms with Gasteiger partial charge < -0.3 is 4.90 Å². The zero-order chi connectivity index (χ0) is 14.3. The third-order valence-electron chi connectivity index (χ3n) is 4.42. The molecule has 1 aromatic carbocycles. The second-order valence-corrected chi connectivity index (χ2v) is 5.48. The van der Waals surface area contributed by atoms with Gasteiger partial charge >= 0.3 is 0 Å². The minimum absolute atomic E-state index is 0.122. The highest BCUT2D eigenvalue weighted by molar-refractivity contribution is 5.99. The molecule has 1 aliphatic rings. The van der Waals surface area contributed by atoms with Crippen molar-refractivity contribution in [3.8, 4) is 0 Å². The maximum atomic E-state index is 11.1. The van der Waals surface area contributed by atoms with Crippen LogP contribution in [0.1, 0.15) is 20.3 Å². The van der Waals surface area contributed by atoms with Gasteiger partial charge in [-0.05, 0) is 31.4 Å². The van der Waals surface area contributed by atoms with Gasteiger partial charge in [0.1, 0.15) is 0 Å². The van der Waals surface area contributed by atoms with Crippen molar-refractivity contribution in [3.05, 3.63) is 40.7 Å². The molecule has 0 spiro atoms. The molecule has 2 atom stereocenters. The van der Waals surface area contributed by atoms with Crippen molar-refractivity contribution in [3.63, 3.8) is 0 Å². The Labute approximate surface area is 117 Å². The Kier molecular flexibility index (Phi) is 3.04. The molecule has 5 heteroatoms. The van der Waals surface area contributed by atoms with Crippen molar-refractivity contribution in [1.29, 1.82) is 0 Å². The van der Waals surface area contributed by atoms with Crippen LogP contribution in [-0.4, -0.2) is 22.5 Å². The van der Waals surface area contributed by atoms with E-state index in [0.717, 1.165) is 24.0 Å². The van der Waals surface area contributed by atoms with E-state index in [9.17, 15) is 10.1 Å². The summed E-state index contributed by atoms with van der Waals surface area (Å²) in [5, 5.41) is 12.7. The van der Waals surface area contributed by atoms with Crippen LogP contribution < -0.4 is 4.90 Å². The third kappa shape index (κ3) is 1.90. The van der Waals surface area contributed by atoms with Crippen molar-refractivity contribution < 1.29 is 4.92 Å². The van der Waals surface area contributed by atoms with Crippen molar-refractivity contribution in [2.24, 2.45) is 5.92 Å². The first-order valence-electron chi connectivity index (χ1n) is 6.87. The van der Waals surface area contributed by atoms with E-state index in [2.05, 4.69) is 23.7 Å². The summed E-state index contributed by atoms with van der Waals surface area (Å²) in [4.78, 5) is 17.2. The summed E-state index contributed by atoms with van der Waals surface area (Å²) in [6, 6.07) is 5.78. The molecular weight excluding hydrogens is 254 g/mol. The van der Waals surface area contributed by atoms with E-state index in [1.165, 1.54) is 0 Å². The number of nitro benzene ring substituents is 1. The van der Waals surface area contributed by atoms with E-state index in [1.54, 1.807) is 18.5 Å². The Morgan fingerprint density at radius 1 is 1.30 bits per heavy atom. The molecule has 2 unspecified atom stereocenters. The molecule has 0 amide bonds. The van der Waals surface area contributed by atoms with Gasteiger partial charge in [-0.25, -0.2) is 0 Å². The Bertz CT molecular complexity index is 671. The molecule has 0 aliphatic carbocycles. The molecule has 1 fully saturated rings. The summed E-state index contributed by atoms with van der Waals surface area (Å²) in [7, 11) is 0. The lowest BCUT2D eigenvalue weighted by Crippen LogP contribution is -2.29. The number of benzene rings is 1. The molecule has 5 nitrogen and oxygen atoms in total. The molecule has 0 radical (unpaired) electrons. The van der Waals surface area contributed by atoms with E-state index in [0.29, 0.717) is 17.3 Å². The molecule has 0 saturated carbocycles. The van der Waals surface area contributed by atoms with Gasteiger partial charge in [-0.2, -0.15) is 0 Å². The Hall–Kier alpha value is -2.17. The molecule has 1 aliphatic heterocycles. The normalized spacial score (nSPS) is 22.4. The van der Waals surface area contributed by atoms with Gasteiger partial charge in [0.05, 0.1) is 10.3 Å². The van der Waals surface area contributed by atoms with E-state index in [4.69, 9.17) is 0 Å². The molecule has 1 saturated heterocycles. The number of nitrogens with zero attached hydrogens (tertiary/aromatic N) is 3. The summed E-state index contributed by atoms with van der Waals surface area (Å²) >= 11 is 0. The number of aromatic nitrogens is 1. The smallest absolute Gasteiger partial charge is 0.278 e. The average Bonchev–Trinajstić information content (AvgIpc) is 2.77. The lowest BCUT2D eigenvalue weighted by atomic mass is 10.0.